The van der Waals surface area contributed by atoms with E-state index in [-0.39, 0.29) is 0 Å². The minimum absolute atomic E-state index is 0.722. The topological polar surface area (TPSA) is 0 Å². The molecule has 0 aliphatic carbocycles. The number of hydrogen-bond acceptors (Lipinski definition) is 0. The molecule has 0 atom stereocenters. The lowest BCUT2D eigenvalue weighted by atomic mass is 9.55. The Bertz CT molecular complexity index is 116. The molecule has 0 N–H and O–H groups in total. The third kappa shape index (κ3) is 11.8. The van der Waals surface area contributed by atoms with E-state index in [0.717, 1.165) is 6.71 Å². The minimum Gasteiger partial charge on any atom is -0.120 e. The van der Waals surface area contributed by atoms with Crippen LogP contribution in [0.4, 0.5) is 0 Å². The molecule has 0 bridgehead atoms. The summed E-state index contributed by atoms with van der Waals surface area (Å²) in [6.07, 6.45) is 12.1. The van der Waals surface area contributed by atoms with Crippen molar-refractivity contribution < 1.29 is 0 Å². The summed E-state index contributed by atoms with van der Waals surface area (Å²) in [5.74, 6) is 2.31. The average Bonchev–Trinajstić information content (AvgIpc) is 2.09. The van der Waals surface area contributed by atoms with Gasteiger partial charge in [-0.3, -0.25) is 0 Å². The van der Waals surface area contributed by atoms with Crippen LogP contribution in [0.2, 0.25) is 13.6 Å². The van der Waals surface area contributed by atoms with Gasteiger partial charge in [-0.05, 0) is 12.8 Å². The molecule has 76 valence electrons. The Morgan fingerprint density at radius 1 is 0.923 bits per heavy atom. The van der Waals surface area contributed by atoms with Crippen LogP contribution in [-0.2, 0) is 0 Å². The predicted octanol–water partition coefficient (Wildman–Crippen LogP) is 4.59. The number of unbranched alkanes of at least 4 members (excludes halogenated alkanes) is 6. The van der Waals surface area contributed by atoms with Crippen LogP contribution in [0.5, 0.6) is 0 Å². The molecule has 0 radical (unpaired) electrons. The number of rotatable bonds is 8. The molecule has 0 saturated heterocycles. The summed E-state index contributed by atoms with van der Waals surface area (Å²) in [6.45, 7) is 7.46. The molecule has 0 aromatic carbocycles. The Labute approximate surface area is 84.9 Å². The zero-order chi connectivity index (χ0) is 9.94. The predicted molar refractivity (Wildman–Crippen MR) is 64.6 cm³/mol. The molecule has 0 amide bonds. The molecule has 0 heterocycles. The van der Waals surface area contributed by atoms with E-state index in [9.17, 15) is 0 Å². The fraction of sp³-hybridized carbons (Fsp3) is 0.833. The highest BCUT2D eigenvalue weighted by molar-refractivity contribution is 6.61. The van der Waals surface area contributed by atoms with Crippen LogP contribution in [0.25, 0.3) is 0 Å². The number of hydrogen-bond donors (Lipinski definition) is 0. The van der Waals surface area contributed by atoms with Crippen LogP contribution in [0.15, 0.2) is 12.1 Å². The van der Waals surface area contributed by atoms with Crippen molar-refractivity contribution in [3.63, 3.8) is 0 Å². The molecule has 0 spiro atoms. The first kappa shape index (κ1) is 12.8. The average molecular weight is 180 g/mol. The third-order valence-electron chi connectivity index (χ3n) is 2.25. The van der Waals surface area contributed by atoms with Gasteiger partial charge in [0.25, 0.3) is 0 Å². The van der Waals surface area contributed by atoms with Crippen molar-refractivity contribution in [1.29, 1.82) is 0 Å². The highest BCUT2D eigenvalue weighted by atomic mass is 13.9. The van der Waals surface area contributed by atoms with E-state index >= 15 is 0 Å². The van der Waals surface area contributed by atoms with Crippen molar-refractivity contribution in [3.05, 3.63) is 12.1 Å². The Hall–Kier alpha value is -0.195. The van der Waals surface area contributed by atoms with E-state index < -0.39 is 0 Å². The van der Waals surface area contributed by atoms with Crippen LogP contribution in [0, 0.1) is 0 Å². The Morgan fingerprint density at radius 2 is 1.54 bits per heavy atom. The van der Waals surface area contributed by atoms with E-state index in [4.69, 9.17) is 0 Å². The molecule has 0 aromatic heterocycles. The van der Waals surface area contributed by atoms with Crippen LogP contribution < -0.4 is 0 Å². The molecular formula is C12H25B. The smallest absolute Gasteiger partial charge is 0.120 e. The van der Waals surface area contributed by atoms with Crippen molar-refractivity contribution in [2.24, 2.45) is 0 Å². The second kappa shape index (κ2) is 9.89. The van der Waals surface area contributed by atoms with Gasteiger partial charge < -0.3 is 0 Å². The summed E-state index contributed by atoms with van der Waals surface area (Å²) < 4.78 is 0. The molecule has 1 heteroatoms. The van der Waals surface area contributed by atoms with Gasteiger partial charge in [-0.1, -0.05) is 58.8 Å². The van der Waals surface area contributed by atoms with Crippen molar-refractivity contribution >= 4 is 6.71 Å². The first-order valence-electron chi connectivity index (χ1n) is 5.94. The lowest BCUT2D eigenvalue weighted by Crippen LogP contribution is -1.91. The standard InChI is InChI=1S/C12H25B/c1-4-5-6-7-8-9-10-11-12-13(2)3/h11-12H,4-10H2,1-3H3/b12-11+. The quantitative estimate of drug-likeness (QED) is 0.378. The van der Waals surface area contributed by atoms with Crippen molar-refractivity contribution in [2.45, 2.75) is 65.5 Å². The maximum absolute atomic E-state index is 2.34. The Balaban J connectivity index is 2.99. The van der Waals surface area contributed by atoms with Crippen LogP contribution >= 0.6 is 0 Å². The maximum atomic E-state index is 2.34. The summed E-state index contributed by atoms with van der Waals surface area (Å²) in [6, 6.07) is 0. The van der Waals surface area contributed by atoms with E-state index in [1.165, 1.54) is 44.9 Å². The van der Waals surface area contributed by atoms with Gasteiger partial charge in [0, 0.05) is 0 Å². The molecule has 0 unspecified atom stereocenters. The molecule has 0 saturated carbocycles. The summed E-state index contributed by atoms with van der Waals surface area (Å²) in [4.78, 5) is 0. The van der Waals surface area contributed by atoms with E-state index in [0.29, 0.717) is 0 Å². The van der Waals surface area contributed by atoms with Gasteiger partial charge in [0.05, 0.1) is 0 Å². The fourth-order valence-corrected chi connectivity index (χ4v) is 1.41. The first-order chi connectivity index (χ1) is 6.27. The summed E-state index contributed by atoms with van der Waals surface area (Å²) in [7, 11) is 0. The Kier molecular flexibility index (Phi) is 9.74. The lowest BCUT2D eigenvalue weighted by molar-refractivity contribution is 0.611. The van der Waals surface area contributed by atoms with Gasteiger partial charge in [0.1, 0.15) is 0 Å². The van der Waals surface area contributed by atoms with Crippen molar-refractivity contribution in [2.75, 3.05) is 0 Å². The molecule has 0 fully saturated rings. The monoisotopic (exact) mass is 180 g/mol. The molecule has 0 nitrogen and oxygen atoms in total. The van der Waals surface area contributed by atoms with Crippen molar-refractivity contribution in [3.8, 4) is 0 Å². The second-order valence-corrected chi connectivity index (χ2v) is 4.23. The zero-order valence-electron chi connectivity index (χ0n) is 9.68. The van der Waals surface area contributed by atoms with Crippen LogP contribution in [0.3, 0.4) is 0 Å². The molecular weight excluding hydrogens is 155 g/mol. The molecule has 0 rings (SSSR count). The highest BCUT2D eigenvalue weighted by Gasteiger charge is 1.90. The van der Waals surface area contributed by atoms with Gasteiger partial charge >= 0.3 is 0 Å². The van der Waals surface area contributed by atoms with E-state index in [1.807, 2.05) is 0 Å². The molecule has 13 heavy (non-hydrogen) atoms. The normalized spacial score (nSPS) is 11.0. The lowest BCUT2D eigenvalue weighted by Gasteiger charge is -1.97. The van der Waals surface area contributed by atoms with Gasteiger partial charge in [-0.2, -0.15) is 0 Å². The summed E-state index contributed by atoms with van der Waals surface area (Å²) >= 11 is 0. The maximum Gasteiger partial charge on any atom is 0.159 e. The molecule has 0 aliphatic heterocycles. The zero-order valence-corrected chi connectivity index (χ0v) is 9.68. The SMILES string of the molecule is CCCCCCCC/C=C/B(C)C. The Morgan fingerprint density at radius 3 is 2.15 bits per heavy atom. The third-order valence-corrected chi connectivity index (χ3v) is 2.25. The highest BCUT2D eigenvalue weighted by Crippen LogP contribution is 2.07. The van der Waals surface area contributed by atoms with Gasteiger partial charge in [-0.15, -0.1) is 5.98 Å². The van der Waals surface area contributed by atoms with E-state index in [1.54, 1.807) is 0 Å². The van der Waals surface area contributed by atoms with Gasteiger partial charge in [0.2, 0.25) is 0 Å². The minimum atomic E-state index is 0.722. The summed E-state index contributed by atoms with van der Waals surface area (Å²) in [5, 5.41) is 0. The summed E-state index contributed by atoms with van der Waals surface area (Å²) in [5.41, 5.74) is 0. The van der Waals surface area contributed by atoms with Gasteiger partial charge in [0.15, 0.2) is 6.71 Å². The fourth-order valence-electron chi connectivity index (χ4n) is 1.41. The van der Waals surface area contributed by atoms with Crippen LogP contribution in [-0.4, -0.2) is 6.71 Å². The van der Waals surface area contributed by atoms with Crippen molar-refractivity contribution in [1.82, 2.24) is 0 Å². The largest absolute Gasteiger partial charge is 0.159 e. The molecule has 0 aromatic rings. The first-order valence-corrected chi connectivity index (χ1v) is 5.94. The number of allylic oxidation sites excluding steroid dienone is 1. The van der Waals surface area contributed by atoms with Gasteiger partial charge in [-0.25, -0.2) is 0 Å². The second-order valence-electron chi connectivity index (χ2n) is 4.23. The molecule has 0 aliphatic rings. The van der Waals surface area contributed by atoms with Crippen LogP contribution in [0.1, 0.15) is 51.9 Å². The van der Waals surface area contributed by atoms with E-state index in [2.05, 4.69) is 32.6 Å².